The molecule has 1 aromatic carbocycles. The van der Waals surface area contributed by atoms with Gasteiger partial charge >= 0.3 is 0 Å². The summed E-state index contributed by atoms with van der Waals surface area (Å²) in [4.78, 5) is 11.7. The Balaban J connectivity index is 3.49. The molecule has 3 heteroatoms. The van der Waals surface area contributed by atoms with Crippen LogP contribution in [0.15, 0.2) is 6.07 Å². The van der Waals surface area contributed by atoms with E-state index in [4.69, 9.17) is 4.74 Å². The number of hydrogen-bond acceptors (Lipinski definition) is 2. The second-order valence-electron chi connectivity index (χ2n) is 7.34. The molecule has 0 N–H and O–H groups in total. The highest BCUT2D eigenvalue weighted by Gasteiger charge is 2.17. The van der Waals surface area contributed by atoms with Crippen LogP contribution in [-0.2, 0) is 6.42 Å². The Labute approximate surface area is 142 Å². The first kappa shape index (κ1) is 19.5. The molecule has 0 unspecified atom stereocenters. The molecular formula is C20H30O2Si. The maximum Gasteiger partial charge on any atom is 0.154 e. The van der Waals surface area contributed by atoms with Gasteiger partial charge < -0.3 is 4.74 Å². The van der Waals surface area contributed by atoms with Gasteiger partial charge in [0, 0.05) is 5.56 Å². The first-order valence-corrected chi connectivity index (χ1v) is 12.0. The first-order valence-electron chi connectivity index (χ1n) is 8.51. The van der Waals surface area contributed by atoms with Crippen molar-refractivity contribution in [1.29, 1.82) is 0 Å². The number of rotatable bonds is 6. The van der Waals surface area contributed by atoms with E-state index in [9.17, 15) is 4.79 Å². The summed E-state index contributed by atoms with van der Waals surface area (Å²) < 4.78 is 5.97. The summed E-state index contributed by atoms with van der Waals surface area (Å²) in [7, 11) is -1.45. The van der Waals surface area contributed by atoms with Crippen LogP contribution in [0.25, 0.3) is 0 Å². The molecule has 0 aliphatic rings. The molecule has 1 rings (SSSR count). The fraction of sp³-hybridized carbons (Fsp3) is 0.550. The predicted molar refractivity (Wildman–Crippen MR) is 101 cm³/mol. The van der Waals surface area contributed by atoms with Crippen molar-refractivity contribution in [3.05, 3.63) is 28.3 Å². The predicted octanol–water partition coefficient (Wildman–Crippen LogP) is 5.17. The minimum Gasteiger partial charge on any atom is -0.490 e. The third-order valence-corrected chi connectivity index (χ3v) is 4.38. The maximum absolute atomic E-state index is 11.7. The highest BCUT2D eigenvalue weighted by Crippen LogP contribution is 2.31. The molecule has 0 aliphatic heterocycles. The van der Waals surface area contributed by atoms with Gasteiger partial charge in [-0.3, -0.25) is 4.79 Å². The molecule has 0 saturated heterocycles. The summed E-state index contributed by atoms with van der Waals surface area (Å²) in [5, 5.41) is 0. The van der Waals surface area contributed by atoms with Gasteiger partial charge in [0.15, 0.2) is 6.29 Å². The fourth-order valence-corrected chi connectivity index (χ4v) is 2.80. The summed E-state index contributed by atoms with van der Waals surface area (Å²) in [5.41, 5.74) is 7.07. The lowest BCUT2D eigenvalue weighted by Gasteiger charge is -2.19. The zero-order valence-electron chi connectivity index (χ0n) is 15.7. The molecule has 0 aliphatic carbocycles. The van der Waals surface area contributed by atoms with E-state index in [1.165, 1.54) is 0 Å². The Morgan fingerprint density at radius 2 is 1.96 bits per heavy atom. The molecule has 126 valence electrons. The topological polar surface area (TPSA) is 26.3 Å². The number of carbonyl (C=O) groups excluding carboxylic acids is 1. The Morgan fingerprint density at radius 1 is 1.30 bits per heavy atom. The summed E-state index contributed by atoms with van der Waals surface area (Å²) in [6, 6.07) is 2.13. The lowest BCUT2D eigenvalue weighted by atomic mass is 9.95. The number of hydrogen-bond donors (Lipinski definition) is 0. The zero-order valence-corrected chi connectivity index (χ0v) is 16.7. The Bertz CT molecular complexity index is 613. The molecule has 2 nitrogen and oxygen atoms in total. The molecule has 1 aromatic rings. The van der Waals surface area contributed by atoms with Crippen LogP contribution >= 0.6 is 0 Å². The van der Waals surface area contributed by atoms with Gasteiger partial charge in [-0.1, -0.05) is 38.9 Å². The Morgan fingerprint density at radius 3 is 2.43 bits per heavy atom. The average molecular weight is 331 g/mol. The quantitative estimate of drug-likeness (QED) is 0.409. The van der Waals surface area contributed by atoms with Crippen LogP contribution < -0.4 is 4.74 Å². The number of aryl methyl sites for hydroxylation is 1. The molecule has 0 atom stereocenters. The van der Waals surface area contributed by atoms with E-state index in [-0.39, 0.29) is 6.10 Å². The van der Waals surface area contributed by atoms with E-state index in [0.717, 1.165) is 48.0 Å². The van der Waals surface area contributed by atoms with Crippen molar-refractivity contribution in [3.63, 3.8) is 0 Å². The SMILES string of the molecule is CCCCc1cc(C#C[Si](C)(C)C)c(C)c(C=O)c1OC(C)C. The lowest BCUT2D eigenvalue weighted by Crippen LogP contribution is -2.16. The number of ether oxygens (including phenoxy) is 1. The van der Waals surface area contributed by atoms with E-state index in [1.807, 2.05) is 20.8 Å². The molecule has 0 bridgehead atoms. The monoisotopic (exact) mass is 330 g/mol. The summed E-state index contributed by atoms with van der Waals surface area (Å²) in [6.07, 6.45) is 4.08. The zero-order chi connectivity index (χ0) is 17.6. The van der Waals surface area contributed by atoms with Gasteiger partial charge in [-0.15, -0.1) is 5.54 Å². The van der Waals surface area contributed by atoms with Gasteiger partial charge in [-0.25, -0.2) is 0 Å². The van der Waals surface area contributed by atoms with Gasteiger partial charge in [0.2, 0.25) is 0 Å². The second kappa shape index (κ2) is 8.36. The van der Waals surface area contributed by atoms with Gasteiger partial charge in [-0.05, 0) is 50.8 Å². The Kier molecular flexibility index (Phi) is 7.09. The van der Waals surface area contributed by atoms with E-state index in [1.54, 1.807) is 0 Å². The van der Waals surface area contributed by atoms with E-state index < -0.39 is 8.07 Å². The summed E-state index contributed by atoms with van der Waals surface area (Å²) in [6.45, 7) is 14.8. The van der Waals surface area contributed by atoms with Crippen molar-refractivity contribution in [2.24, 2.45) is 0 Å². The Hall–Kier alpha value is -1.53. The number of aldehydes is 1. The van der Waals surface area contributed by atoms with Crippen LogP contribution in [0, 0.1) is 18.4 Å². The van der Waals surface area contributed by atoms with Crippen molar-refractivity contribution in [2.75, 3.05) is 0 Å². The second-order valence-corrected chi connectivity index (χ2v) is 12.1. The van der Waals surface area contributed by atoms with Crippen molar-refractivity contribution in [3.8, 4) is 17.2 Å². The van der Waals surface area contributed by atoms with Gasteiger partial charge in [0.05, 0.1) is 11.7 Å². The minimum atomic E-state index is -1.45. The van der Waals surface area contributed by atoms with Crippen LogP contribution in [0.5, 0.6) is 5.75 Å². The van der Waals surface area contributed by atoms with Crippen molar-refractivity contribution in [2.45, 2.75) is 72.7 Å². The molecule has 0 heterocycles. The van der Waals surface area contributed by atoms with Crippen LogP contribution in [-0.4, -0.2) is 20.5 Å². The third-order valence-electron chi connectivity index (χ3n) is 3.51. The summed E-state index contributed by atoms with van der Waals surface area (Å²) in [5.74, 6) is 4.07. The molecule has 0 saturated carbocycles. The van der Waals surface area contributed by atoms with Crippen LogP contribution in [0.2, 0.25) is 19.6 Å². The highest BCUT2D eigenvalue weighted by molar-refractivity contribution is 6.83. The van der Waals surface area contributed by atoms with Gasteiger partial charge in [0.25, 0.3) is 0 Å². The molecule has 0 radical (unpaired) electrons. The molecule has 0 aromatic heterocycles. The molecular weight excluding hydrogens is 300 g/mol. The molecule has 0 amide bonds. The van der Waals surface area contributed by atoms with Crippen LogP contribution in [0.4, 0.5) is 0 Å². The van der Waals surface area contributed by atoms with Crippen molar-refractivity contribution in [1.82, 2.24) is 0 Å². The van der Waals surface area contributed by atoms with E-state index in [2.05, 4.69) is 44.1 Å². The van der Waals surface area contributed by atoms with Gasteiger partial charge in [0.1, 0.15) is 13.8 Å². The smallest absolute Gasteiger partial charge is 0.154 e. The van der Waals surface area contributed by atoms with Crippen molar-refractivity contribution >= 4 is 14.4 Å². The normalized spacial score (nSPS) is 11.1. The average Bonchev–Trinajstić information content (AvgIpc) is 2.44. The van der Waals surface area contributed by atoms with Crippen LogP contribution in [0.3, 0.4) is 0 Å². The maximum atomic E-state index is 11.7. The number of carbonyl (C=O) groups is 1. The van der Waals surface area contributed by atoms with E-state index in [0.29, 0.717) is 5.56 Å². The largest absolute Gasteiger partial charge is 0.490 e. The molecule has 23 heavy (non-hydrogen) atoms. The molecule has 0 spiro atoms. The standard InChI is InChI=1S/C20H30O2Si/c1-8-9-10-18-13-17(11-12-23(5,6)7)16(4)19(14-21)20(18)22-15(2)3/h13-15H,8-10H2,1-7H3. The number of unbranched alkanes of at least 4 members (excludes halogenated alkanes) is 1. The highest BCUT2D eigenvalue weighted by atomic mass is 28.3. The van der Waals surface area contributed by atoms with Gasteiger partial charge in [-0.2, -0.15) is 0 Å². The first-order chi connectivity index (χ1) is 10.7. The van der Waals surface area contributed by atoms with Crippen molar-refractivity contribution < 1.29 is 9.53 Å². The van der Waals surface area contributed by atoms with Crippen LogP contribution in [0.1, 0.15) is 60.7 Å². The summed E-state index contributed by atoms with van der Waals surface area (Å²) >= 11 is 0. The number of benzene rings is 1. The minimum absolute atomic E-state index is 0.0485. The lowest BCUT2D eigenvalue weighted by molar-refractivity contribution is 0.111. The molecule has 0 fully saturated rings. The fourth-order valence-electron chi connectivity index (χ4n) is 2.29. The third kappa shape index (κ3) is 5.88. The van der Waals surface area contributed by atoms with E-state index >= 15 is 0 Å².